The van der Waals surface area contributed by atoms with Gasteiger partial charge in [0.2, 0.25) is 11.8 Å². The second-order valence-corrected chi connectivity index (χ2v) is 10.2. The zero-order valence-electron chi connectivity index (χ0n) is 21.5. The Kier molecular flexibility index (Phi) is 10.9. The van der Waals surface area contributed by atoms with Crippen LogP contribution in [0, 0.1) is 17.8 Å². The van der Waals surface area contributed by atoms with E-state index in [4.69, 9.17) is 0 Å². The summed E-state index contributed by atoms with van der Waals surface area (Å²) in [5.41, 5.74) is 0.203. The number of carboxylic acid groups (broad SMARTS) is 1. The number of aliphatic carboxylic acids is 1. The fourth-order valence-corrected chi connectivity index (χ4v) is 4.47. The van der Waals surface area contributed by atoms with Crippen LogP contribution in [-0.4, -0.2) is 70.4 Å². The normalized spacial score (nSPS) is 22.2. The number of nitrogens with zero attached hydrogens (tertiary/aromatic N) is 2. The van der Waals surface area contributed by atoms with Gasteiger partial charge in [-0.05, 0) is 51.4 Å². The minimum Gasteiger partial charge on any atom is -0.478 e. The van der Waals surface area contributed by atoms with Gasteiger partial charge in [0.25, 0.3) is 0 Å². The molecular weight excluding hydrogens is 406 g/mol. The predicted molar refractivity (Wildman–Crippen MR) is 128 cm³/mol. The Morgan fingerprint density at radius 2 is 1.69 bits per heavy atom. The van der Waals surface area contributed by atoms with Crippen LogP contribution >= 0.6 is 0 Å². The number of hydrogen-bond acceptors (Lipinski definition) is 4. The SMILES string of the molecule is CCC1CC[C@@H](C(=O)NC(C(=O)N(C)[C@H](/C=C(\C)C(=O)O)C(C)C)C(C)C)N(C(C)C)C1. The lowest BCUT2D eigenvalue weighted by Gasteiger charge is -2.42. The van der Waals surface area contributed by atoms with Gasteiger partial charge in [0.15, 0.2) is 0 Å². The summed E-state index contributed by atoms with van der Waals surface area (Å²) in [6, 6.07) is -1.01. The Bertz CT molecular complexity index is 687. The molecule has 1 aliphatic heterocycles. The van der Waals surface area contributed by atoms with E-state index in [1.165, 1.54) is 6.92 Å². The van der Waals surface area contributed by atoms with Crippen LogP contribution in [-0.2, 0) is 14.4 Å². The lowest BCUT2D eigenvalue weighted by Crippen LogP contribution is -2.59. The van der Waals surface area contributed by atoms with Crippen molar-refractivity contribution in [3.63, 3.8) is 0 Å². The van der Waals surface area contributed by atoms with Crippen molar-refractivity contribution in [3.8, 4) is 0 Å². The van der Waals surface area contributed by atoms with Gasteiger partial charge in [-0.3, -0.25) is 14.5 Å². The molecule has 7 heteroatoms. The van der Waals surface area contributed by atoms with Crippen LogP contribution in [0.2, 0.25) is 0 Å². The standard InChI is InChI=1S/C25H45N3O4/c1-10-19-11-12-20(28(14-19)17(6)7)23(29)26-22(16(4)5)24(30)27(9)21(15(2)3)13-18(8)25(31)32/h13,15-17,19-22H,10-12,14H2,1-9H3,(H,26,29)(H,31,32)/b18-13+/t19?,20-,21+,22?/m0/s1. The third-order valence-corrected chi connectivity index (χ3v) is 6.73. The fraction of sp³-hybridized carbons (Fsp3) is 0.800. The lowest BCUT2D eigenvalue weighted by atomic mass is 9.89. The zero-order valence-corrected chi connectivity index (χ0v) is 21.5. The maximum atomic E-state index is 13.4. The minimum atomic E-state index is -0.998. The van der Waals surface area contributed by atoms with Gasteiger partial charge in [-0.2, -0.15) is 0 Å². The Balaban J connectivity index is 3.06. The number of carbonyl (C=O) groups excluding carboxylic acids is 2. The first-order chi connectivity index (χ1) is 14.8. The van der Waals surface area contributed by atoms with Crippen LogP contribution in [0.15, 0.2) is 11.6 Å². The third-order valence-electron chi connectivity index (χ3n) is 6.73. The molecule has 1 fully saturated rings. The van der Waals surface area contributed by atoms with Crippen LogP contribution in [0.25, 0.3) is 0 Å². The highest BCUT2D eigenvalue weighted by molar-refractivity contribution is 5.90. The molecule has 0 spiro atoms. The van der Waals surface area contributed by atoms with Crippen molar-refractivity contribution in [2.24, 2.45) is 17.8 Å². The number of piperidine rings is 1. The van der Waals surface area contributed by atoms with E-state index in [1.807, 2.05) is 27.7 Å². The second kappa shape index (κ2) is 12.4. The van der Waals surface area contributed by atoms with Crippen LogP contribution in [0.4, 0.5) is 0 Å². The Labute approximate surface area is 194 Å². The molecule has 1 heterocycles. The molecule has 0 aromatic carbocycles. The van der Waals surface area contributed by atoms with Gasteiger partial charge < -0.3 is 15.3 Å². The van der Waals surface area contributed by atoms with E-state index < -0.39 is 12.0 Å². The van der Waals surface area contributed by atoms with Crippen molar-refractivity contribution in [2.75, 3.05) is 13.6 Å². The Morgan fingerprint density at radius 1 is 1.09 bits per heavy atom. The Hall–Kier alpha value is -1.89. The lowest BCUT2D eigenvalue weighted by molar-refractivity contribution is -0.140. The summed E-state index contributed by atoms with van der Waals surface area (Å²) in [5, 5.41) is 12.3. The molecule has 0 aliphatic carbocycles. The maximum absolute atomic E-state index is 13.4. The summed E-state index contributed by atoms with van der Waals surface area (Å²) in [6.45, 7) is 16.6. The summed E-state index contributed by atoms with van der Waals surface area (Å²) in [5.74, 6) is -0.743. The largest absolute Gasteiger partial charge is 0.478 e. The van der Waals surface area contributed by atoms with Gasteiger partial charge in [-0.25, -0.2) is 4.79 Å². The molecule has 4 atom stereocenters. The summed E-state index contributed by atoms with van der Waals surface area (Å²) in [7, 11) is 1.69. The number of amides is 2. The maximum Gasteiger partial charge on any atom is 0.331 e. The molecule has 1 rings (SSSR count). The van der Waals surface area contributed by atoms with Gasteiger partial charge >= 0.3 is 5.97 Å². The molecule has 0 aromatic rings. The first-order valence-electron chi connectivity index (χ1n) is 12.1. The van der Waals surface area contributed by atoms with E-state index in [0.717, 1.165) is 25.8 Å². The fourth-order valence-electron chi connectivity index (χ4n) is 4.47. The quantitative estimate of drug-likeness (QED) is 0.496. The minimum absolute atomic E-state index is 0.0301. The molecule has 2 amide bonds. The molecule has 2 unspecified atom stereocenters. The van der Waals surface area contributed by atoms with E-state index in [0.29, 0.717) is 5.92 Å². The predicted octanol–water partition coefficient (Wildman–Crippen LogP) is 3.54. The van der Waals surface area contributed by atoms with Crippen molar-refractivity contribution in [2.45, 2.75) is 98.8 Å². The summed E-state index contributed by atoms with van der Waals surface area (Å²) in [6.07, 6.45) is 4.55. The van der Waals surface area contributed by atoms with Crippen molar-refractivity contribution in [1.82, 2.24) is 15.1 Å². The van der Waals surface area contributed by atoms with Crippen LogP contribution in [0.1, 0.15) is 74.7 Å². The Morgan fingerprint density at radius 3 is 2.12 bits per heavy atom. The highest BCUT2D eigenvalue weighted by Gasteiger charge is 2.37. The van der Waals surface area contributed by atoms with Gasteiger partial charge in [0.05, 0.1) is 12.1 Å². The number of nitrogens with one attached hydrogen (secondary N) is 1. The first kappa shape index (κ1) is 28.1. The van der Waals surface area contributed by atoms with Crippen LogP contribution in [0.5, 0.6) is 0 Å². The topological polar surface area (TPSA) is 90.0 Å². The van der Waals surface area contributed by atoms with Crippen LogP contribution in [0.3, 0.4) is 0 Å². The van der Waals surface area contributed by atoms with Crippen LogP contribution < -0.4 is 5.32 Å². The summed E-state index contributed by atoms with van der Waals surface area (Å²) < 4.78 is 0. The van der Waals surface area contributed by atoms with Crippen molar-refractivity contribution < 1.29 is 19.5 Å². The molecular formula is C25H45N3O4. The average molecular weight is 452 g/mol. The zero-order chi connectivity index (χ0) is 24.7. The monoisotopic (exact) mass is 451 g/mol. The van der Waals surface area contributed by atoms with E-state index in [2.05, 4.69) is 31.0 Å². The van der Waals surface area contributed by atoms with Gasteiger partial charge in [-0.15, -0.1) is 0 Å². The number of carbonyl (C=O) groups is 3. The van der Waals surface area contributed by atoms with Gasteiger partial charge in [0.1, 0.15) is 6.04 Å². The molecule has 1 saturated heterocycles. The van der Waals surface area contributed by atoms with Crippen molar-refractivity contribution in [1.29, 1.82) is 0 Å². The van der Waals surface area contributed by atoms with Gasteiger partial charge in [-0.1, -0.05) is 47.1 Å². The molecule has 0 saturated carbocycles. The smallest absolute Gasteiger partial charge is 0.331 e. The second-order valence-electron chi connectivity index (χ2n) is 10.2. The number of carboxylic acids is 1. The highest BCUT2D eigenvalue weighted by atomic mass is 16.4. The van der Waals surface area contributed by atoms with Gasteiger partial charge in [0, 0.05) is 25.2 Å². The number of likely N-dealkylation sites (N-methyl/N-ethyl adjacent to an activating group) is 1. The molecule has 0 aromatic heterocycles. The molecule has 2 N–H and O–H groups in total. The summed E-state index contributed by atoms with van der Waals surface area (Å²) in [4.78, 5) is 41.9. The summed E-state index contributed by atoms with van der Waals surface area (Å²) >= 11 is 0. The number of likely N-dealkylation sites (tertiary alicyclic amines) is 1. The average Bonchev–Trinajstić information content (AvgIpc) is 2.73. The van der Waals surface area contributed by atoms with E-state index in [9.17, 15) is 19.5 Å². The highest BCUT2D eigenvalue weighted by Crippen LogP contribution is 2.26. The molecule has 1 aliphatic rings. The molecule has 184 valence electrons. The first-order valence-corrected chi connectivity index (χ1v) is 12.1. The number of rotatable bonds is 10. The molecule has 7 nitrogen and oxygen atoms in total. The molecule has 0 bridgehead atoms. The van der Waals surface area contributed by atoms with E-state index in [-0.39, 0.29) is 47.3 Å². The van der Waals surface area contributed by atoms with E-state index >= 15 is 0 Å². The van der Waals surface area contributed by atoms with Crippen molar-refractivity contribution >= 4 is 17.8 Å². The number of hydrogen-bond donors (Lipinski definition) is 2. The molecule has 0 radical (unpaired) electrons. The van der Waals surface area contributed by atoms with Crippen molar-refractivity contribution in [3.05, 3.63) is 11.6 Å². The van der Waals surface area contributed by atoms with E-state index in [1.54, 1.807) is 18.0 Å². The molecule has 32 heavy (non-hydrogen) atoms. The third kappa shape index (κ3) is 7.32.